The van der Waals surface area contributed by atoms with Gasteiger partial charge in [0.15, 0.2) is 0 Å². The zero-order valence-electron chi connectivity index (χ0n) is 6.61. The molecule has 6 heteroatoms. The smallest absolute Gasteiger partial charge is 0.320 e. The highest BCUT2D eigenvalue weighted by Gasteiger charge is 2.15. The Hall–Kier alpha value is -1.43. The van der Waals surface area contributed by atoms with E-state index >= 15 is 0 Å². The summed E-state index contributed by atoms with van der Waals surface area (Å²) in [5.41, 5.74) is 6.58. The van der Waals surface area contributed by atoms with Crippen LogP contribution in [0.5, 0.6) is 0 Å². The Morgan fingerprint density at radius 3 is 2.83 bits per heavy atom. The van der Waals surface area contributed by atoms with Gasteiger partial charge in [0.05, 0.1) is 11.4 Å². The molecule has 0 aliphatic carbocycles. The van der Waals surface area contributed by atoms with Gasteiger partial charge in [-0.1, -0.05) is 0 Å². The zero-order valence-corrected chi connectivity index (χ0v) is 6.61. The molecule has 0 bridgehead atoms. The van der Waals surface area contributed by atoms with Crippen LogP contribution in [0.15, 0.2) is 0 Å². The maximum atomic E-state index is 10.4. The van der Waals surface area contributed by atoms with Crippen molar-refractivity contribution < 1.29 is 9.90 Å². The number of H-pyrrole nitrogens is 1. The number of nitrogens with two attached hydrogens (primary N) is 1. The normalized spacial score (nSPS) is 12.8. The van der Waals surface area contributed by atoms with Crippen LogP contribution in [-0.4, -0.2) is 32.5 Å². The maximum absolute atomic E-state index is 10.4. The molecule has 66 valence electrons. The minimum atomic E-state index is -1.03. The van der Waals surface area contributed by atoms with Crippen molar-refractivity contribution in [1.82, 2.24) is 15.4 Å². The van der Waals surface area contributed by atoms with Crippen LogP contribution in [0.25, 0.3) is 0 Å². The molecule has 1 aromatic rings. The number of carboxylic acid groups (broad SMARTS) is 1. The molecule has 1 unspecified atom stereocenters. The van der Waals surface area contributed by atoms with Crippen LogP contribution in [0.3, 0.4) is 0 Å². The molecular weight excluding hydrogens is 160 g/mol. The van der Waals surface area contributed by atoms with Crippen molar-refractivity contribution in [2.45, 2.75) is 19.4 Å². The first-order chi connectivity index (χ1) is 5.61. The van der Waals surface area contributed by atoms with Crippen molar-refractivity contribution in [1.29, 1.82) is 0 Å². The summed E-state index contributed by atoms with van der Waals surface area (Å²) in [7, 11) is 0. The van der Waals surface area contributed by atoms with Gasteiger partial charge in [-0.25, -0.2) is 0 Å². The largest absolute Gasteiger partial charge is 0.480 e. The molecule has 4 N–H and O–H groups in total. The summed E-state index contributed by atoms with van der Waals surface area (Å²) >= 11 is 0. The number of nitrogens with zero attached hydrogens (tertiary/aromatic N) is 2. The summed E-state index contributed by atoms with van der Waals surface area (Å²) in [6, 6.07) is -0.909. The monoisotopic (exact) mass is 170 g/mol. The van der Waals surface area contributed by atoms with E-state index in [0.29, 0.717) is 11.4 Å². The lowest BCUT2D eigenvalue weighted by molar-refractivity contribution is -0.138. The number of aromatic amines is 1. The average molecular weight is 170 g/mol. The molecule has 1 aromatic heterocycles. The first-order valence-corrected chi connectivity index (χ1v) is 3.46. The van der Waals surface area contributed by atoms with E-state index in [0.717, 1.165) is 0 Å². The van der Waals surface area contributed by atoms with E-state index in [4.69, 9.17) is 10.8 Å². The standard InChI is InChI=1S/C6H10N4O2/c1-3-5(9-10-8-3)2-4(7)6(11)12/h4H,2,7H2,1H3,(H,11,12)(H,8,9,10). The first kappa shape index (κ1) is 8.66. The maximum Gasteiger partial charge on any atom is 0.320 e. The van der Waals surface area contributed by atoms with Crippen LogP contribution in [0, 0.1) is 6.92 Å². The molecule has 0 saturated carbocycles. The predicted octanol–water partition coefficient (Wildman–Crippen LogP) is -0.932. The van der Waals surface area contributed by atoms with Gasteiger partial charge < -0.3 is 10.8 Å². The molecule has 0 aliphatic heterocycles. The summed E-state index contributed by atoms with van der Waals surface area (Å²) < 4.78 is 0. The molecule has 12 heavy (non-hydrogen) atoms. The third-order valence-electron chi connectivity index (χ3n) is 1.55. The number of nitrogens with one attached hydrogen (secondary N) is 1. The summed E-state index contributed by atoms with van der Waals surface area (Å²) in [4.78, 5) is 10.4. The van der Waals surface area contributed by atoms with E-state index in [1.165, 1.54) is 0 Å². The second-order valence-corrected chi connectivity index (χ2v) is 2.50. The van der Waals surface area contributed by atoms with E-state index in [9.17, 15) is 4.79 Å². The number of aromatic nitrogens is 3. The van der Waals surface area contributed by atoms with Gasteiger partial charge in [-0.15, -0.1) is 0 Å². The fourth-order valence-corrected chi connectivity index (χ4v) is 0.795. The lowest BCUT2D eigenvalue weighted by Crippen LogP contribution is -2.32. The van der Waals surface area contributed by atoms with Crippen molar-refractivity contribution in [3.8, 4) is 0 Å². The fourth-order valence-electron chi connectivity index (χ4n) is 0.795. The van der Waals surface area contributed by atoms with Crippen molar-refractivity contribution in [3.63, 3.8) is 0 Å². The lowest BCUT2D eigenvalue weighted by Gasteiger charge is -2.02. The van der Waals surface area contributed by atoms with E-state index < -0.39 is 12.0 Å². The van der Waals surface area contributed by atoms with E-state index in [2.05, 4.69) is 15.4 Å². The molecule has 0 aliphatic rings. The second-order valence-electron chi connectivity index (χ2n) is 2.50. The number of carbonyl (C=O) groups is 1. The molecule has 6 nitrogen and oxygen atoms in total. The van der Waals surface area contributed by atoms with Gasteiger partial charge in [-0.3, -0.25) is 4.79 Å². The van der Waals surface area contributed by atoms with Gasteiger partial charge in [-0.2, -0.15) is 15.4 Å². The molecule has 0 aromatic carbocycles. The Labute approximate surface area is 68.8 Å². The van der Waals surface area contributed by atoms with Crippen molar-refractivity contribution in [2.24, 2.45) is 5.73 Å². The van der Waals surface area contributed by atoms with Crippen LogP contribution in [-0.2, 0) is 11.2 Å². The summed E-state index contributed by atoms with van der Waals surface area (Å²) in [6.07, 6.45) is 0.206. The molecule has 0 saturated heterocycles. The van der Waals surface area contributed by atoms with Gasteiger partial charge >= 0.3 is 5.97 Å². The Balaban J connectivity index is 2.64. The number of aryl methyl sites for hydroxylation is 1. The van der Waals surface area contributed by atoms with Gasteiger partial charge in [0, 0.05) is 6.42 Å². The third kappa shape index (κ3) is 1.79. The number of rotatable bonds is 3. The third-order valence-corrected chi connectivity index (χ3v) is 1.55. The minimum absolute atomic E-state index is 0.206. The predicted molar refractivity (Wildman–Crippen MR) is 40.4 cm³/mol. The fraction of sp³-hybridized carbons (Fsp3) is 0.500. The highest BCUT2D eigenvalue weighted by atomic mass is 16.4. The van der Waals surface area contributed by atoms with Crippen molar-refractivity contribution in [3.05, 3.63) is 11.4 Å². The van der Waals surface area contributed by atoms with E-state index in [1.807, 2.05) is 0 Å². The Bertz CT molecular complexity index is 283. The second kappa shape index (κ2) is 3.31. The van der Waals surface area contributed by atoms with Crippen molar-refractivity contribution >= 4 is 5.97 Å². The van der Waals surface area contributed by atoms with Crippen LogP contribution in [0.4, 0.5) is 0 Å². The Morgan fingerprint density at radius 2 is 2.42 bits per heavy atom. The van der Waals surface area contributed by atoms with E-state index in [-0.39, 0.29) is 6.42 Å². The minimum Gasteiger partial charge on any atom is -0.480 e. The Kier molecular flexibility index (Phi) is 2.39. The highest BCUT2D eigenvalue weighted by Crippen LogP contribution is 2.01. The molecule has 0 fully saturated rings. The molecule has 1 rings (SSSR count). The average Bonchev–Trinajstić information content (AvgIpc) is 2.36. The zero-order chi connectivity index (χ0) is 9.14. The summed E-state index contributed by atoms with van der Waals surface area (Å²) in [5, 5.41) is 18.4. The van der Waals surface area contributed by atoms with Gasteiger partial charge in [0.25, 0.3) is 0 Å². The SMILES string of the molecule is Cc1n[nH]nc1CC(N)C(=O)O. The number of carboxylic acids is 1. The van der Waals surface area contributed by atoms with Crippen LogP contribution < -0.4 is 5.73 Å². The molecule has 1 atom stereocenters. The number of aliphatic carboxylic acids is 1. The topological polar surface area (TPSA) is 105 Å². The molecule has 0 spiro atoms. The van der Waals surface area contributed by atoms with Crippen LogP contribution in [0.2, 0.25) is 0 Å². The van der Waals surface area contributed by atoms with Gasteiger partial charge in [0.1, 0.15) is 6.04 Å². The summed E-state index contributed by atoms with van der Waals surface area (Å²) in [5.74, 6) is -1.03. The highest BCUT2D eigenvalue weighted by molar-refractivity contribution is 5.73. The molecule has 0 radical (unpaired) electrons. The molecule has 1 heterocycles. The Morgan fingerprint density at radius 1 is 1.75 bits per heavy atom. The summed E-state index contributed by atoms with van der Waals surface area (Å²) in [6.45, 7) is 1.74. The first-order valence-electron chi connectivity index (χ1n) is 3.46. The van der Waals surface area contributed by atoms with E-state index in [1.54, 1.807) is 6.92 Å². The number of hydrogen-bond donors (Lipinski definition) is 3. The molecular formula is C6H10N4O2. The lowest BCUT2D eigenvalue weighted by atomic mass is 10.1. The van der Waals surface area contributed by atoms with Crippen LogP contribution in [0.1, 0.15) is 11.4 Å². The van der Waals surface area contributed by atoms with Crippen molar-refractivity contribution in [2.75, 3.05) is 0 Å². The molecule has 0 amide bonds. The number of hydrogen-bond acceptors (Lipinski definition) is 4. The van der Waals surface area contributed by atoms with Gasteiger partial charge in [-0.05, 0) is 6.92 Å². The van der Waals surface area contributed by atoms with Gasteiger partial charge in [0.2, 0.25) is 0 Å². The quantitative estimate of drug-likeness (QED) is 0.543. The van der Waals surface area contributed by atoms with Crippen LogP contribution >= 0.6 is 0 Å².